The number of nitrogens with zero attached hydrogens (tertiary/aromatic N) is 1. The molecule has 0 saturated carbocycles. The molecule has 0 radical (unpaired) electrons. The molecular weight excluding hydrogens is 531 g/mol. The Hall–Kier alpha value is -4.34. The summed E-state index contributed by atoms with van der Waals surface area (Å²) in [6, 6.07) is 58.6. The topological polar surface area (TPSA) is 4.93 Å². The molecule has 0 aliphatic rings. The van der Waals surface area contributed by atoms with Gasteiger partial charge in [-0.15, -0.1) is 0 Å². The number of para-hydroxylation sites is 2. The van der Waals surface area contributed by atoms with Crippen molar-refractivity contribution in [3.8, 4) is 5.69 Å². The molecule has 0 aliphatic heterocycles. The third kappa shape index (κ3) is 3.85. The van der Waals surface area contributed by atoms with E-state index < -0.39 is 13.3 Å². The van der Waals surface area contributed by atoms with Gasteiger partial charge < -0.3 is 0 Å². The van der Waals surface area contributed by atoms with Crippen molar-refractivity contribution in [2.24, 2.45) is 0 Å². The van der Waals surface area contributed by atoms with Gasteiger partial charge in [0.1, 0.15) is 0 Å². The Morgan fingerprint density at radius 1 is 0.410 bits per heavy atom. The van der Waals surface area contributed by atoms with Gasteiger partial charge in [0, 0.05) is 0 Å². The van der Waals surface area contributed by atoms with Crippen LogP contribution in [0.25, 0.3) is 27.5 Å². The molecule has 6 aromatic carbocycles. The van der Waals surface area contributed by atoms with E-state index in [-0.39, 0.29) is 0 Å². The second-order valence-corrected chi connectivity index (χ2v) is 18.3. The molecule has 0 unspecified atom stereocenters. The monoisotopic (exact) mass is 561 g/mol. The number of aryl methyl sites for hydroxylation is 1. The number of benzene rings is 6. The van der Waals surface area contributed by atoms with E-state index in [1.54, 1.807) is 0 Å². The van der Waals surface area contributed by atoms with Crippen LogP contribution in [0.15, 0.2) is 158 Å². The van der Waals surface area contributed by atoms with E-state index in [2.05, 4.69) is 169 Å². The molecule has 0 bridgehead atoms. The maximum absolute atomic E-state index is 3.37. The van der Waals surface area contributed by atoms with Crippen LogP contribution in [0.3, 0.4) is 0 Å². The molecular formula is C37H29GeN. The SMILES string of the molecule is Cc1ccc[c]([Ge]([c]2ccccc2)([c]2ccccc2)[c]2cccc(-n3c4ccccc4c4ccccc43)c2)c1. The summed E-state index contributed by atoms with van der Waals surface area (Å²) < 4.78 is 8.19. The van der Waals surface area contributed by atoms with Crippen LogP contribution in [0.1, 0.15) is 5.56 Å². The fraction of sp³-hybridized carbons (Fsp3) is 0.0270. The van der Waals surface area contributed by atoms with Crippen LogP contribution in [-0.4, -0.2) is 17.8 Å². The van der Waals surface area contributed by atoms with E-state index in [9.17, 15) is 0 Å². The van der Waals surface area contributed by atoms with Crippen LogP contribution < -0.4 is 17.6 Å². The van der Waals surface area contributed by atoms with Gasteiger partial charge in [0.15, 0.2) is 0 Å². The third-order valence-electron chi connectivity index (χ3n) is 7.98. The van der Waals surface area contributed by atoms with Crippen molar-refractivity contribution in [3.05, 3.63) is 163 Å². The average molecular weight is 560 g/mol. The summed E-state index contributed by atoms with van der Waals surface area (Å²) in [4.78, 5) is 0. The van der Waals surface area contributed by atoms with E-state index in [1.807, 2.05) is 0 Å². The van der Waals surface area contributed by atoms with Gasteiger partial charge in [-0.25, -0.2) is 0 Å². The molecule has 39 heavy (non-hydrogen) atoms. The molecule has 0 amide bonds. The van der Waals surface area contributed by atoms with E-state index in [1.165, 1.54) is 50.6 Å². The molecule has 0 saturated heterocycles. The van der Waals surface area contributed by atoms with Gasteiger partial charge in [-0.1, -0.05) is 0 Å². The summed E-state index contributed by atoms with van der Waals surface area (Å²) >= 11 is -3.37. The van der Waals surface area contributed by atoms with Gasteiger partial charge in [-0.3, -0.25) is 0 Å². The summed E-state index contributed by atoms with van der Waals surface area (Å²) in [7, 11) is 0. The van der Waals surface area contributed by atoms with E-state index in [4.69, 9.17) is 0 Å². The summed E-state index contributed by atoms with van der Waals surface area (Å²) in [5.74, 6) is 0. The predicted molar refractivity (Wildman–Crippen MR) is 169 cm³/mol. The van der Waals surface area contributed by atoms with Crippen LogP contribution >= 0.6 is 0 Å². The van der Waals surface area contributed by atoms with Crippen LogP contribution in [0.2, 0.25) is 0 Å². The zero-order valence-electron chi connectivity index (χ0n) is 22.0. The van der Waals surface area contributed by atoms with Crippen LogP contribution in [0, 0.1) is 6.92 Å². The summed E-state index contributed by atoms with van der Waals surface area (Å²) in [6.45, 7) is 2.21. The summed E-state index contributed by atoms with van der Waals surface area (Å²) in [5.41, 5.74) is 4.99. The molecule has 2 heteroatoms. The second kappa shape index (κ2) is 9.76. The van der Waals surface area contributed by atoms with Crippen molar-refractivity contribution in [1.29, 1.82) is 0 Å². The number of hydrogen-bond acceptors (Lipinski definition) is 0. The number of rotatable bonds is 5. The fourth-order valence-corrected chi connectivity index (χ4v) is 16.6. The standard InChI is InChI=1S/C37H29GeN/c1-28-14-12-19-31(26-28)38(29-15-4-2-5-16-29,30-17-6-3-7-18-30)32-20-13-21-33(27-32)39-36-24-10-8-22-34(36)35-23-9-11-25-37(35)39/h2-27H,1H3. The van der Waals surface area contributed by atoms with Crippen molar-refractivity contribution in [3.63, 3.8) is 0 Å². The predicted octanol–water partition coefficient (Wildman–Crippen LogP) is 6.47. The second-order valence-electron chi connectivity index (χ2n) is 10.3. The van der Waals surface area contributed by atoms with Crippen molar-refractivity contribution < 1.29 is 0 Å². The van der Waals surface area contributed by atoms with Gasteiger partial charge in [0.2, 0.25) is 0 Å². The van der Waals surface area contributed by atoms with E-state index in [0.717, 1.165) is 0 Å². The zero-order valence-corrected chi connectivity index (χ0v) is 24.1. The molecule has 0 aliphatic carbocycles. The van der Waals surface area contributed by atoms with Crippen LogP contribution in [0.5, 0.6) is 0 Å². The number of aromatic nitrogens is 1. The number of hydrogen-bond donors (Lipinski definition) is 0. The number of fused-ring (bicyclic) bond motifs is 3. The Bertz CT molecular complexity index is 1830. The van der Waals surface area contributed by atoms with Crippen molar-refractivity contribution in [2.45, 2.75) is 6.92 Å². The van der Waals surface area contributed by atoms with Gasteiger partial charge in [0.05, 0.1) is 0 Å². The molecule has 1 aromatic heterocycles. The first-order chi connectivity index (χ1) is 19.3. The summed E-state index contributed by atoms with van der Waals surface area (Å²) in [6.07, 6.45) is 0. The van der Waals surface area contributed by atoms with Crippen LogP contribution in [0.4, 0.5) is 0 Å². The Balaban J connectivity index is 1.58. The molecule has 1 heterocycles. The van der Waals surface area contributed by atoms with Crippen molar-refractivity contribution in [2.75, 3.05) is 0 Å². The third-order valence-corrected chi connectivity index (χ3v) is 18.0. The Morgan fingerprint density at radius 3 is 1.44 bits per heavy atom. The molecule has 0 N–H and O–H groups in total. The molecule has 186 valence electrons. The molecule has 7 rings (SSSR count). The van der Waals surface area contributed by atoms with Gasteiger partial charge >= 0.3 is 233 Å². The molecule has 0 fully saturated rings. The van der Waals surface area contributed by atoms with Gasteiger partial charge in [-0.2, -0.15) is 0 Å². The van der Waals surface area contributed by atoms with Crippen molar-refractivity contribution >= 4 is 52.7 Å². The Kier molecular flexibility index (Phi) is 5.94. The van der Waals surface area contributed by atoms with E-state index >= 15 is 0 Å². The van der Waals surface area contributed by atoms with Crippen LogP contribution in [-0.2, 0) is 0 Å². The minimum atomic E-state index is -3.37. The Morgan fingerprint density at radius 2 is 0.872 bits per heavy atom. The first-order valence-corrected chi connectivity index (χ1v) is 17.7. The van der Waals surface area contributed by atoms with Gasteiger partial charge in [0.25, 0.3) is 0 Å². The molecule has 0 spiro atoms. The minimum absolute atomic E-state index is 1.21. The zero-order chi connectivity index (χ0) is 26.2. The first-order valence-electron chi connectivity index (χ1n) is 13.5. The fourth-order valence-electron chi connectivity index (χ4n) is 6.33. The Labute approximate surface area is 232 Å². The van der Waals surface area contributed by atoms with E-state index in [0.29, 0.717) is 0 Å². The molecule has 1 nitrogen and oxygen atoms in total. The molecule has 7 aromatic rings. The average Bonchev–Trinajstić information content (AvgIpc) is 3.34. The van der Waals surface area contributed by atoms with Crippen molar-refractivity contribution in [1.82, 2.24) is 4.57 Å². The maximum atomic E-state index is 2.47. The van der Waals surface area contributed by atoms with Gasteiger partial charge in [-0.05, 0) is 0 Å². The quantitative estimate of drug-likeness (QED) is 0.213. The first kappa shape index (κ1) is 23.8. The normalized spacial score (nSPS) is 11.7. The molecule has 0 atom stereocenters. The summed E-state index contributed by atoms with van der Waals surface area (Å²) in [5, 5.41) is 2.58.